The number of ether oxygens (including phenoxy) is 1. The molecule has 2 aromatic rings. The summed E-state index contributed by atoms with van der Waals surface area (Å²) in [5.74, 6) is 2.85. The maximum atomic E-state index is 5.95. The number of aromatic nitrogens is 5. The fraction of sp³-hybridized carbons (Fsp3) is 0.706. The molecule has 0 spiro atoms. The van der Waals surface area contributed by atoms with Crippen molar-refractivity contribution in [2.45, 2.75) is 51.8 Å². The maximum absolute atomic E-state index is 5.95. The van der Waals surface area contributed by atoms with Crippen LogP contribution in [0.1, 0.15) is 41.8 Å². The van der Waals surface area contributed by atoms with Crippen LogP contribution < -0.4 is 0 Å². The van der Waals surface area contributed by atoms with Crippen LogP contribution >= 0.6 is 0 Å². The first-order valence-corrected chi connectivity index (χ1v) is 8.83. The van der Waals surface area contributed by atoms with E-state index in [1.165, 1.54) is 18.5 Å². The van der Waals surface area contributed by atoms with Gasteiger partial charge in [-0.15, -0.1) is 10.2 Å². The minimum atomic E-state index is 0.174. The van der Waals surface area contributed by atoms with Crippen LogP contribution in [0.25, 0.3) is 0 Å². The summed E-state index contributed by atoms with van der Waals surface area (Å²) in [7, 11) is 2.09. The van der Waals surface area contributed by atoms with Crippen LogP contribution in [0.3, 0.4) is 0 Å². The first-order valence-electron chi connectivity index (χ1n) is 8.83. The fourth-order valence-electron chi connectivity index (χ4n) is 3.50. The zero-order valence-corrected chi connectivity index (χ0v) is 14.8. The third-order valence-electron chi connectivity index (χ3n) is 5.01. The molecule has 0 bridgehead atoms. The average Bonchev–Trinajstić information content (AvgIpc) is 3.25. The lowest BCUT2D eigenvalue weighted by Crippen LogP contribution is -2.44. The Morgan fingerprint density at radius 3 is 2.79 bits per heavy atom. The van der Waals surface area contributed by atoms with E-state index in [0.717, 1.165) is 50.1 Å². The second-order valence-electron chi connectivity index (χ2n) is 7.14. The molecule has 0 radical (unpaired) electrons. The molecule has 0 amide bonds. The highest BCUT2D eigenvalue weighted by molar-refractivity contribution is 5.08. The summed E-state index contributed by atoms with van der Waals surface area (Å²) < 4.78 is 10.2. The van der Waals surface area contributed by atoms with Gasteiger partial charge in [0, 0.05) is 31.7 Å². The van der Waals surface area contributed by atoms with Crippen molar-refractivity contribution in [1.29, 1.82) is 0 Å². The molecule has 2 aliphatic rings. The van der Waals surface area contributed by atoms with Gasteiger partial charge in [0.2, 0.25) is 0 Å². The molecule has 1 saturated carbocycles. The van der Waals surface area contributed by atoms with Crippen molar-refractivity contribution in [3.05, 3.63) is 29.1 Å². The minimum absolute atomic E-state index is 0.174. The average molecular weight is 330 g/mol. The van der Waals surface area contributed by atoms with E-state index in [1.807, 2.05) is 6.92 Å². The van der Waals surface area contributed by atoms with Crippen LogP contribution in [0.5, 0.6) is 0 Å². The molecule has 2 fully saturated rings. The van der Waals surface area contributed by atoms with Crippen molar-refractivity contribution in [2.24, 2.45) is 7.05 Å². The van der Waals surface area contributed by atoms with Crippen molar-refractivity contribution in [3.63, 3.8) is 0 Å². The summed E-state index contributed by atoms with van der Waals surface area (Å²) in [5.41, 5.74) is 2.25. The molecule has 0 N–H and O–H groups in total. The van der Waals surface area contributed by atoms with E-state index in [1.54, 1.807) is 0 Å². The van der Waals surface area contributed by atoms with E-state index in [4.69, 9.17) is 4.74 Å². The largest absolute Gasteiger partial charge is 0.374 e. The summed E-state index contributed by atoms with van der Waals surface area (Å²) in [6.45, 7) is 8.39. The summed E-state index contributed by atoms with van der Waals surface area (Å²) in [6.07, 6.45) is 2.69. The van der Waals surface area contributed by atoms with Gasteiger partial charge >= 0.3 is 0 Å². The number of hydrogen-bond acceptors (Lipinski definition) is 5. The quantitative estimate of drug-likeness (QED) is 0.829. The molecule has 24 heavy (non-hydrogen) atoms. The second kappa shape index (κ2) is 6.29. The minimum Gasteiger partial charge on any atom is -0.374 e. The van der Waals surface area contributed by atoms with Gasteiger partial charge in [-0.3, -0.25) is 9.58 Å². The van der Waals surface area contributed by atoms with Crippen LogP contribution in [0.15, 0.2) is 6.07 Å². The molecule has 2 aromatic heterocycles. The standard InChI is InChI=1S/C17H26N6O/c1-12-8-13(2)23(20-12)10-15-9-22(6-7-24-15)11-16-18-19-17(21(16)3)14-4-5-14/h8,14-15H,4-7,9-11H2,1-3H3. The predicted octanol–water partition coefficient (Wildman–Crippen LogP) is 1.41. The molecule has 130 valence electrons. The van der Waals surface area contributed by atoms with Crippen LogP contribution in [0.4, 0.5) is 0 Å². The van der Waals surface area contributed by atoms with E-state index in [2.05, 4.69) is 49.5 Å². The molecule has 4 rings (SSSR count). The van der Waals surface area contributed by atoms with Crippen molar-refractivity contribution in [1.82, 2.24) is 29.4 Å². The van der Waals surface area contributed by atoms with Gasteiger partial charge in [0.25, 0.3) is 0 Å². The third kappa shape index (κ3) is 3.23. The second-order valence-corrected chi connectivity index (χ2v) is 7.14. The van der Waals surface area contributed by atoms with Gasteiger partial charge in [0.1, 0.15) is 11.6 Å². The first-order chi connectivity index (χ1) is 11.6. The highest BCUT2D eigenvalue weighted by Gasteiger charge is 2.30. The van der Waals surface area contributed by atoms with E-state index in [0.29, 0.717) is 5.92 Å². The van der Waals surface area contributed by atoms with Gasteiger partial charge in [-0.1, -0.05) is 0 Å². The Balaban J connectivity index is 1.39. The number of rotatable bonds is 5. The molecule has 1 atom stereocenters. The van der Waals surface area contributed by atoms with Gasteiger partial charge in [-0.25, -0.2) is 0 Å². The highest BCUT2D eigenvalue weighted by atomic mass is 16.5. The molecule has 1 unspecified atom stereocenters. The van der Waals surface area contributed by atoms with Crippen molar-refractivity contribution < 1.29 is 4.74 Å². The maximum Gasteiger partial charge on any atom is 0.146 e. The van der Waals surface area contributed by atoms with Crippen LogP contribution in [0, 0.1) is 13.8 Å². The van der Waals surface area contributed by atoms with Gasteiger partial charge in [0.15, 0.2) is 0 Å². The van der Waals surface area contributed by atoms with E-state index < -0.39 is 0 Å². The molecular weight excluding hydrogens is 304 g/mol. The molecule has 7 heteroatoms. The van der Waals surface area contributed by atoms with E-state index in [-0.39, 0.29) is 6.10 Å². The molecule has 0 aromatic carbocycles. The Hall–Kier alpha value is -1.73. The lowest BCUT2D eigenvalue weighted by Gasteiger charge is -2.32. The highest BCUT2D eigenvalue weighted by Crippen LogP contribution is 2.38. The smallest absolute Gasteiger partial charge is 0.146 e. The lowest BCUT2D eigenvalue weighted by molar-refractivity contribution is -0.0414. The Morgan fingerprint density at radius 2 is 2.08 bits per heavy atom. The Bertz CT molecular complexity index is 717. The molecule has 1 saturated heterocycles. The predicted molar refractivity (Wildman–Crippen MR) is 89.7 cm³/mol. The molecule has 1 aliphatic carbocycles. The Kier molecular flexibility index (Phi) is 4.14. The van der Waals surface area contributed by atoms with Crippen molar-refractivity contribution >= 4 is 0 Å². The number of hydrogen-bond donors (Lipinski definition) is 0. The van der Waals surface area contributed by atoms with Gasteiger partial charge < -0.3 is 9.30 Å². The summed E-state index contributed by atoms with van der Waals surface area (Å²) >= 11 is 0. The van der Waals surface area contributed by atoms with Crippen molar-refractivity contribution in [3.8, 4) is 0 Å². The number of morpholine rings is 1. The SMILES string of the molecule is Cc1cc(C)n(CC2CN(Cc3nnc(C4CC4)n3C)CCO2)n1. The van der Waals surface area contributed by atoms with Crippen LogP contribution in [-0.2, 0) is 24.9 Å². The normalized spacial score (nSPS) is 22.2. The first kappa shape index (κ1) is 15.8. The zero-order valence-electron chi connectivity index (χ0n) is 14.8. The van der Waals surface area contributed by atoms with Gasteiger partial charge in [-0.05, 0) is 32.8 Å². The molecular formula is C17H26N6O. The van der Waals surface area contributed by atoms with E-state index >= 15 is 0 Å². The molecule has 7 nitrogen and oxygen atoms in total. The van der Waals surface area contributed by atoms with Gasteiger partial charge in [0.05, 0.1) is 31.5 Å². The Morgan fingerprint density at radius 1 is 1.25 bits per heavy atom. The zero-order chi connectivity index (χ0) is 16.7. The van der Waals surface area contributed by atoms with E-state index in [9.17, 15) is 0 Å². The lowest BCUT2D eigenvalue weighted by atomic mass is 10.2. The number of aryl methyl sites for hydroxylation is 2. The summed E-state index contributed by atoms with van der Waals surface area (Å²) in [5, 5.41) is 13.3. The number of nitrogens with zero attached hydrogens (tertiary/aromatic N) is 6. The van der Waals surface area contributed by atoms with Crippen LogP contribution in [0.2, 0.25) is 0 Å². The fourth-order valence-corrected chi connectivity index (χ4v) is 3.50. The topological polar surface area (TPSA) is 61.0 Å². The van der Waals surface area contributed by atoms with Gasteiger partial charge in [-0.2, -0.15) is 5.10 Å². The van der Waals surface area contributed by atoms with Crippen molar-refractivity contribution in [2.75, 3.05) is 19.7 Å². The monoisotopic (exact) mass is 330 g/mol. The summed E-state index contributed by atoms with van der Waals surface area (Å²) in [6, 6.07) is 2.11. The molecule has 3 heterocycles. The molecule has 1 aliphatic heterocycles. The summed E-state index contributed by atoms with van der Waals surface area (Å²) in [4.78, 5) is 2.42. The third-order valence-corrected chi connectivity index (χ3v) is 5.01. The Labute approximate surface area is 142 Å². The van der Waals surface area contributed by atoms with Crippen LogP contribution in [-0.4, -0.2) is 55.2 Å².